The average molecular weight is 112 g/mol. The minimum absolute atomic E-state index is 0.404. The predicted octanol–water partition coefficient (Wildman–Crippen LogP) is 0.939. The summed E-state index contributed by atoms with van der Waals surface area (Å²) in [6.07, 6.45) is 3.90. The zero-order valence-corrected chi connectivity index (χ0v) is 5.43. The van der Waals surface area contributed by atoms with Crippen LogP contribution in [0.4, 0.5) is 0 Å². The molecular formula is C6H13BO. The Labute approximate surface area is 51.4 Å². The summed E-state index contributed by atoms with van der Waals surface area (Å²) >= 11 is 0. The van der Waals surface area contributed by atoms with E-state index in [0.717, 1.165) is 5.92 Å². The molecule has 2 heteroatoms. The van der Waals surface area contributed by atoms with E-state index in [1.54, 1.807) is 0 Å². The van der Waals surface area contributed by atoms with Crippen molar-refractivity contribution >= 4 is 7.48 Å². The molecule has 1 aliphatic rings. The lowest BCUT2D eigenvalue weighted by molar-refractivity contribution is 0.527. The molecule has 0 bridgehead atoms. The summed E-state index contributed by atoms with van der Waals surface area (Å²) in [6.45, 7) is 2.23. The molecule has 0 saturated heterocycles. The van der Waals surface area contributed by atoms with Crippen molar-refractivity contribution in [1.82, 2.24) is 0 Å². The van der Waals surface area contributed by atoms with E-state index in [9.17, 15) is 0 Å². The molecule has 0 aromatic carbocycles. The van der Waals surface area contributed by atoms with Gasteiger partial charge in [0, 0.05) is 0 Å². The summed E-state index contributed by atoms with van der Waals surface area (Å²) in [5.41, 5.74) is 0. The van der Waals surface area contributed by atoms with Crippen molar-refractivity contribution < 1.29 is 5.02 Å². The molecule has 1 nitrogen and oxygen atoms in total. The van der Waals surface area contributed by atoms with Crippen LogP contribution in [0.15, 0.2) is 0 Å². The van der Waals surface area contributed by atoms with E-state index in [1.807, 2.05) is 0 Å². The zero-order valence-electron chi connectivity index (χ0n) is 5.43. The average Bonchev–Trinajstić information content (AvgIpc) is 2.14. The van der Waals surface area contributed by atoms with Crippen molar-refractivity contribution in [3.63, 3.8) is 0 Å². The molecule has 1 rings (SSSR count). The lowest BCUT2D eigenvalue weighted by Crippen LogP contribution is -2.04. The van der Waals surface area contributed by atoms with Crippen molar-refractivity contribution in [3.05, 3.63) is 0 Å². The van der Waals surface area contributed by atoms with Gasteiger partial charge in [-0.05, 0) is 11.7 Å². The van der Waals surface area contributed by atoms with Crippen LogP contribution in [-0.4, -0.2) is 12.5 Å². The van der Waals surface area contributed by atoms with Gasteiger partial charge in [-0.1, -0.05) is 26.2 Å². The Morgan fingerprint density at radius 3 is 2.50 bits per heavy atom. The predicted molar refractivity (Wildman–Crippen MR) is 36.1 cm³/mol. The second-order valence-electron chi connectivity index (χ2n) is 2.85. The topological polar surface area (TPSA) is 20.2 Å². The highest BCUT2D eigenvalue weighted by molar-refractivity contribution is 6.27. The maximum absolute atomic E-state index is 8.74. The Bertz CT molecular complexity index is 74.9. The van der Waals surface area contributed by atoms with E-state index >= 15 is 0 Å². The summed E-state index contributed by atoms with van der Waals surface area (Å²) in [7, 11) is 0.404. The first-order chi connectivity index (χ1) is 3.84. The maximum atomic E-state index is 8.74. The molecule has 0 aromatic rings. The van der Waals surface area contributed by atoms with Gasteiger partial charge in [0.25, 0.3) is 7.48 Å². The Morgan fingerprint density at radius 1 is 1.50 bits per heavy atom. The largest absolute Gasteiger partial charge is 0.454 e. The van der Waals surface area contributed by atoms with Crippen molar-refractivity contribution in [3.8, 4) is 0 Å². The minimum Gasteiger partial charge on any atom is -0.454 e. The maximum Gasteiger partial charge on any atom is 0.274 e. The van der Waals surface area contributed by atoms with E-state index < -0.39 is 0 Å². The van der Waals surface area contributed by atoms with E-state index in [4.69, 9.17) is 5.02 Å². The molecule has 46 valence electrons. The second-order valence-corrected chi connectivity index (χ2v) is 2.85. The summed E-state index contributed by atoms with van der Waals surface area (Å²) in [5, 5.41) is 8.74. The molecule has 0 heterocycles. The Hall–Kier alpha value is 0.0249. The van der Waals surface area contributed by atoms with Crippen LogP contribution in [0.1, 0.15) is 26.2 Å². The summed E-state index contributed by atoms with van der Waals surface area (Å²) in [5.74, 6) is 1.40. The molecular weight excluding hydrogens is 98.9 g/mol. The third-order valence-electron chi connectivity index (χ3n) is 2.27. The van der Waals surface area contributed by atoms with E-state index in [1.165, 1.54) is 19.3 Å². The molecule has 0 radical (unpaired) electrons. The molecule has 0 spiro atoms. The van der Waals surface area contributed by atoms with Gasteiger partial charge in [0.1, 0.15) is 0 Å². The first-order valence-corrected chi connectivity index (χ1v) is 3.45. The van der Waals surface area contributed by atoms with Crippen LogP contribution in [0.3, 0.4) is 0 Å². The Morgan fingerprint density at radius 2 is 2.25 bits per heavy atom. The summed E-state index contributed by atoms with van der Waals surface area (Å²) in [4.78, 5) is 0. The lowest BCUT2D eigenvalue weighted by atomic mass is 9.74. The van der Waals surface area contributed by atoms with Crippen molar-refractivity contribution in [2.75, 3.05) is 0 Å². The molecule has 8 heavy (non-hydrogen) atoms. The molecule has 1 aliphatic carbocycles. The molecule has 1 fully saturated rings. The molecule has 1 saturated carbocycles. The zero-order chi connectivity index (χ0) is 5.98. The number of rotatable bonds is 1. The van der Waals surface area contributed by atoms with Crippen molar-refractivity contribution in [1.29, 1.82) is 0 Å². The van der Waals surface area contributed by atoms with Crippen LogP contribution >= 0.6 is 0 Å². The fourth-order valence-corrected chi connectivity index (χ4v) is 1.49. The van der Waals surface area contributed by atoms with Gasteiger partial charge in [-0.15, -0.1) is 0 Å². The quantitative estimate of drug-likeness (QED) is 0.500. The Balaban J connectivity index is 2.30. The fraction of sp³-hybridized carbons (Fsp3) is 1.00. The molecule has 0 amide bonds. The highest BCUT2D eigenvalue weighted by atomic mass is 16.2. The second kappa shape index (κ2) is 2.54. The van der Waals surface area contributed by atoms with E-state index in [0.29, 0.717) is 13.3 Å². The van der Waals surface area contributed by atoms with Crippen LogP contribution in [0.5, 0.6) is 0 Å². The van der Waals surface area contributed by atoms with Crippen LogP contribution < -0.4 is 0 Å². The molecule has 0 aromatic heterocycles. The standard InChI is InChI=1S/C6H13BO/c1-5-3-2-4-6(5)7-8/h5-8H,2-4H2,1H3/t5-,6-/m0/s1. The van der Waals surface area contributed by atoms with Gasteiger partial charge in [-0.2, -0.15) is 0 Å². The normalized spacial score (nSPS) is 37.8. The van der Waals surface area contributed by atoms with Gasteiger partial charge >= 0.3 is 0 Å². The fourth-order valence-electron chi connectivity index (χ4n) is 1.49. The van der Waals surface area contributed by atoms with E-state index in [2.05, 4.69) is 6.92 Å². The van der Waals surface area contributed by atoms with Crippen LogP contribution in [0.25, 0.3) is 0 Å². The van der Waals surface area contributed by atoms with Gasteiger partial charge in [0.15, 0.2) is 0 Å². The Kier molecular flexibility index (Phi) is 1.95. The van der Waals surface area contributed by atoms with Crippen LogP contribution in [-0.2, 0) is 0 Å². The van der Waals surface area contributed by atoms with Gasteiger partial charge in [-0.3, -0.25) is 0 Å². The molecule has 0 unspecified atom stereocenters. The summed E-state index contributed by atoms with van der Waals surface area (Å²) < 4.78 is 0. The van der Waals surface area contributed by atoms with Gasteiger partial charge in [-0.25, -0.2) is 0 Å². The minimum atomic E-state index is 0.404. The highest BCUT2D eigenvalue weighted by Crippen LogP contribution is 2.34. The first kappa shape index (κ1) is 6.15. The lowest BCUT2D eigenvalue weighted by Gasteiger charge is -2.07. The van der Waals surface area contributed by atoms with E-state index in [-0.39, 0.29) is 0 Å². The number of hydrogen-bond donors (Lipinski definition) is 1. The van der Waals surface area contributed by atoms with Crippen LogP contribution in [0, 0.1) is 5.92 Å². The molecule has 1 N–H and O–H groups in total. The molecule has 2 atom stereocenters. The number of hydrogen-bond acceptors (Lipinski definition) is 1. The van der Waals surface area contributed by atoms with Gasteiger partial charge < -0.3 is 5.02 Å². The van der Waals surface area contributed by atoms with Crippen molar-refractivity contribution in [2.24, 2.45) is 5.92 Å². The monoisotopic (exact) mass is 112 g/mol. The SMILES string of the molecule is C[C@H]1CCC[C@@H]1BO. The third-order valence-corrected chi connectivity index (χ3v) is 2.27. The summed E-state index contributed by atoms with van der Waals surface area (Å²) in [6, 6.07) is 0. The van der Waals surface area contributed by atoms with Gasteiger partial charge in [0.05, 0.1) is 0 Å². The molecule has 0 aliphatic heterocycles. The van der Waals surface area contributed by atoms with Crippen LogP contribution in [0.2, 0.25) is 5.82 Å². The van der Waals surface area contributed by atoms with Gasteiger partial charge in [0.2, 0.25) is 0 Å². The van der Waals surface area contributed by atoms with Crippen molar-refractivity contribution in [2.45, 2.75) is 32.0 Å². The highest BCUT2D eigenvalue weighted by Gasteiger charge is 2.22. The first-order valence-electron chi connectivity index (χ1n) is 3.45. The smallest absolute Gasteiger partial charge is 0.274 e. The third kappa shape index (κ3) is 1.05.